The maximum absolute atomic E-state index is 13.2. The van der Waals surface area contributed by atoms with Crippen molar-refractivity contribution in [2.75, 3.05) is 26.2 Å². The average molecular weight is 542 g/mol. The van der Waals surface area contributed by atoms with Crippen molar-refractivity contribution < 1.29 is 13.2 Å². The number of halogens is 1. The number of hydrogen-bond acceptors (Lipinski definition) is 5. The molecule has 5 rings (SSSR count). The number of benzene rings is 2. The van der Waals surface area contributed by atoms with Gasteiger partial charge in [-0.2, -0.15) is 9.41 Å². The number of aromatic amines is 1. The first kappa shape index (κ1) is 25.8. The predicted octanol–water partition coefficient (Wildman–Crippen LogP) is 4.36. The molecule has 2 fully saturated rings. The van der Waals surface area contributed by atoms with E-state index in [2.05, 4.69) is 15.5 Å². The van der Waals surface area contributed by atoms with Crippen molar-refractivity contribution >= 4 is 44.6 Å². The molecule has 1 amide bonds. The third-order valence-corrected chi connectivity index (χ3v) is 9.22. The maximum atomic E-state index is 13.2. The number of hydrogen-bond donors (Lipinski definition) is 2. The van der Waals surface area contributed by atoms with Gasteiger partial charge in [0.05, 0.1) is 12.8 Å². The van der Waals surface area contributed by atoms with E-state index >= 15 is 0 Å². The highest BCUT2D eigenvalue weighted by Gasteiger charge is 2.33. The molecule has 8 nitrogen and oxygen atoms in total. The standard InChI is InChI=1S/C27H32ClN5O3S/c28-24-10-11-25-23(14-24)15-26(31-25)37(35,36)33-13-12-32(27(34)19-33)18-22-8-6-21(7-9-22)17-30-29-16-20-4-2-1-3-5-20/h6-11,14-15,17,20,29,31H,1-5,12-13,16,18-19H2. The molecule has 0 unspecified atom stereocenters. The molecular formula is C27H32ClN5O3S. The van der Waals surface area contributed by atoms with Crippen LogP contribution >= 0.6 is 11.6 Å². The van der Waals surface area contributed by atoms with E-state index in [1.54, 1.807) is 29.2 Å². The van der Waals surface area contributed by atoms with Crippen molar-refractivity contribution in [2.45, 2.75) is 43.7 Å². The van der Waals surface area contributed by atoms with Gasteiger partial charge in [-0.3, -0.25) is 4.79 Å². The molecule has 2 N–H and O–H groups in total. The fraction of sp³-hybridized carbons (Fsp3) is 0.407. The Labute approximate surface area is 222 Å². The van der Waals surface area contributed by atoms with Crippen molar-refractivity contribution in [3.8, 4) is 0 Å². The van der Waals surface area contributed by atoms with Crippen molar-refractivity contribution in [3.05, 3.63) is 64.7 Å². The van der Waals surface area contributed by atoms with E-state index in [1.165, 1.54) is 36.4 Å². The van der Waals surface area contributed by atoms with Crippen LogP contribution < -0.4 is 5.43 Å². The summed E-state index contributed by atoms with van der Waals surface area (Å²) < 4.78 is 27.6. The van der Waals surface area contributed by atoms with Crippen molar-refractivity contribution in [1.29, 1.82) is 0 Å². The van der Waals surface area contributed by atoms with Crippen LogP contribution in [0.25, 0.3) is 10.9 Å². The first-order chi connectivity index (χ1) is 17.9. The third-order valence-electron chi connectivity index (χ3n) is 7.22. The van der Waals surface area contributed by atoms with Crippen LogP contribution in [-0.2, 0) is 21.4 Å². The van der Waals surface area contributed by atoms with E-state index in [0.29, 0.717) is 29.0 Å². The van der Waals surface area contributed by atoms with E-state index in [9.17, 15) is 13.2 Å². The predicted molar refractivity (Wildman–Crippen MR) is 146 cm³/mol. The lowest BCUT2D eigenvalue weighted by molar-refractivity contribution is -0.134. The summed E-state index contributed by atoms with van der Waals surface area (Å²) in [5, 5.41) is 5.67. The highest BCUT2D eigenvalue weighted by atomic mass is 35.5. The molecule has 1 saturated carbocycles. The van der Waals surface area contributed by atoms with Crippen LogP contribution in [0.2, 0.25) is 5.02 Å². The normalized spacial score (nSPS) is 18.2. The molecule has 0 atom stereocenters. The molecule has 2 aromatic carbocycles. The van der Waals surface area contributed by atoms with Crippen LogP contribution in [-0.4, -0.2) is 60.9 Å². The second-order valence-corrected chi connectivity index (χ2v) is 12.2. The summed E-state index contributed by atoms with van der Waals surface area (Å²) >= 11 is 6.02. The Balaban J connectivity index is 1.14. The highest BCUT2D eigenvalue weighted by molar-refractivity contribution is 7.89. The summed E-state index contributed by atoms with van der Waals surface area (Å²) in [5.74, 6) is 0.509. The maximum Gasteiger partial charge on any atom is 0.259 e. The third kappa shape index (κ3) is 6.17. The van der Waals surface area contributed by atoms with Gasteiger partial charge in [0.25, 0.3) is 10.0 Å². The number of carbonyl (C=O) groups is 1. The molecule has 0 spiro atoms. The number of piperazine rings is 1. The van der Waals surface area contributed by atoms with Crippen LogP contribution in [0.15, 0.2) is 58.7 Å². The van der Waals surface area contributed by atoms with Gasteiger partial charge in [-0.15, -0.1) is 0 Å². The molecular weight excluding hydrogens is 510 g/mol. The van der Waals surface area contributed by atoms with Crippen molar-refractivity contribution in [2.24, 2.45) is 11.0 Å². The number of sulfonamides is 1. The average Bonchev–Trinajstić information content (AvgIpc) is 3.33. The summed E-state index contributed by atoms with van der Waals surface area (Å²) in [7, 11) is -3.82. The Bertz CT molecular complexity index is 1380. The van der Waals surface area contributed by atoms with Gasteiger partial charge < -0.3 is 15.3 Å². The number of aromatic nitrogens is 1. The number of fused-ring (bicyclic) bond motifs is 1. The summed E-state index contributed by atoms with van der Waals surface area (Å²) in [5.41, 5.74) is 5.84. The van der Waals surface area contributed by atoms with E-state index in [4.69, 9.17) is 11.6 Å². The van der Waals surface area contributed by atoms with Gasteiger partial charge in [-0.05, 0) is 54.2 Å². The second kappa shape index (κ2) is 11.2. The smallest absolute Gasteiger partial charge is 0.259 e. The van der Waals surface area contributed by atoms with Crippen LogP contribution in [0.5, 0.6) is 0 Å². The van der Waals surface area contributed by atoms with Gasteiger partial charge >= 0.3 is 0 Å². The molecule has 196 valence electrons. The van der Waals surface area contributed by atoms with Crippen molar-refractivity contribution in [3.63, 3.8) is 0 Å². The summed E-state index contributed by atoms with van der Waals surface area (Å²) in [6, 6.07) is 14.6. The Morgan fingerprint density at radius 1 is 1.05 bits per heavy atom. The van der Waals surface area contributed by atoms with Crippen LogP contribution in [0.1, 0.15) is 43.2 Å². The number of hydrazone groups is 1. The number of amides is 1. The first-order valence-corrected chi connectivity index (χ1v) is 14.6. The number of H-pyrrole nitrogens is 1. The molecule has 2 aliphatic rings. The number of carbonyl (C=O) groups excluding carboxylic acids is 1. The Kier molecular flexibility index (Phi) is 7.83. The van der Waals surface area contributed by atoms with Gasteiger partial charge in [0, 0.05) is 42.1 Å². The second-order valence-electron chi connectivity index (χ2n) is 9.89. The lowest BCUT2D eigenvalue weighted by Crippen LogP contribution is -2.51. The van der Waals surface area contributed by atoms with E-state index in [0.717, 1.165) is 23.6 Å². The van der Waals surface area contributed by atoms with Gasteiger partial charge in [0.15, 0.2) is 0 Å². The molecule has 1 saturated heterocycles. The monoisotopic (exact) mass is 541 g/mol. The number of rotatable bonds is 8. The minimum absolute atomic E-state index is 0.0662. The highest BCUT2D eigenvalue weighted by Crippen LogP contribution is 2.25. The molecule has 0 radical (unpaired) electrons. The van der Waals surface area contributed by atoms with Gasteiger partial charge in [0.2, 0.25) is 5.91 Å². The fourth-order valence-corrected chi connectivity index (χ4v) is 6.61. The molecule has 2 heterocycles. The zero-order chi connectivity index (χ0) is 25.8. The topological polar surface area (TPSA) is 97.9 Å². The van der Waals surface area contributed by atoms with Gasteiger partial charge in [0.1, 0.15) is 5.03 Å². The molecule has 1 aliphatic heterocycles. The number of nitrogens with zero attached hydrogens (tertiary/aromatic N) is 3. The molecule has 37 heavy (non-hydrogen) atoms. The summed E-state index contributed by atoms with van der Waals surface area (Å²) in [6.45, 7) is 1.75. The molecule has 10 heteroatoms. The minimum Gasteiger partial charge on any atom is -0.345 e. The van der Waals surface area contributed by atoms with E-state index in [-0.39, 0.29) is 24.0 Å². The molecule has 1 aromatic heterocycles. The molecule has 3 aromatic rings. The Morgan fingerprint density at radius 2 is 1.84 bits per heavy atom. The molecule has 1 aliphatic carbocycles. The lowest BCUT2D eigenvalue weighted by atomic mass is 9.89. The molecule has 0 bridgehead atoms. The van der Waals surface area contributed by atoms with Crippen LogP contribution in [0.3, 0.4) is 0 Å². The van der Waals surface area contributed by atoms with Crippen LogP contribution in [0.4, 0.5) is 0 Å². The summed E-state index contributed by atoms with van der Waals surface area (Å²) in [6.07, 6.45) is 8.39. The Morgan fingerprint density at radius 3 is 2.59 bits per heavy atom. The Hall–Kier alpha value is -2.88. The number of nitrogens with one attached hydrogen (secondary N) is 2. The van der Waals surface area contributed by atoms with E-state index in [1.807, 2.05) is 30.5 Å². The quantitative estimate of drug-likeness (QED) is 0.327. The minimum atomic E-state index is -3.82. The van der Waals surface area contributed by atoms with Gasteiger partial charge in [-0.1, -0.05) is 55.1 Å². The largest absolute Gasteiger partial charge is 0.345 e. The SMILES string of the molecule is O=C1CN(S(=O)(=O)c2cc3cc(Cl)ccc3[nH]2)CCN1Cc1ccc(C=NNCC2CCCCC2)cc1. The zero-order valence-electron chi connectivity index (χ0n) is 20.7. The van der Waals surface area contributed by atoms with E-state index < -0.39 is 10.0 Å². The fourth-order valence-electron chi connectivity index (χ4n) is 5.04. The van der Waals surface area contributed by atoms with Crippen molar-refractivity contribution in [1.82, 2.24) is 19.6 Å². The van der Waals surface area contributed by atoms with Gasteiger partial charge in [-0.25, -0.2) is 8.42 Å². The van der Waals surface area contributed by atoms with Crippen LogP contribution in [0, 0.1) is 5.92 Å². The summed E-state index contributed by atoms with van der Waals surface area (Å²) in [4.78, 5) is 17.5. The zero-order valence-corrected chi connectivity index (χ0v) is 22.3. The lowest BCUT2D eigenvalue weighted by Gasteiger charge is -2.33. The first-order valence-electron chi connectivity index (χ1n) is 12.8.